The van der Waals surface area contributed by atoms with Crippen molar-refractivity contribution in [2.75, 3.05) is 10.7 Å². The molecule has 0 spiro atoms. The van der Waals surface area contributed by atoms with E-state index in [-0.39, 0.29) is 0 Å². The van der Waals surface area contributed by atoms with Crippen molar-refractivity contribution in [3.05, 3.63) is 36.5 Å². The summed E-state index contributed by atoms with van der Waals surface area (Å²) in [7, 11) is 0. The molecule has 0 aliphatic carbocycles. The molecule has 0 fully saturated rings. The Morgan fingerprint density at radius 2 is 2.08 bits per heavy atom. The normalized spacial score (nSPS) is 10.7. The molecule has 0 aromatic heterocycles. The van der Waals surface area contributed by atoms with Gasteiger partial charge in [0, 0.05) is 22.9 Å². The fourth-order valence-electron chi connectivity index (χ4n) is 1.02. The number of nitrogens with zero attached hydrogens (tertiary/aromatic N) is 1. The number of benzene rings is 1. The summed E-state index contributed by atoms with van der Waals surface area (Å²) in [6, 6.07) is 8.04. The van der Waals surface area contributed by atoms with E-state index < -0.39 is 0 Å². The molecule has 1 aromatic carbocycles. The van der Waals surface area contributed by atoms with Gasteiger partial charge >= 0.3 is 0 Å². The monoisotopic (exact) mass is 213 g/mol. The molecule has 70 valence electrons. The minimum atomic E-state index is 1.02. The Bertz CT molecular complexity index is 299. The van der Waals surface area contributed by atoms with Gasteiger partial charge in [-0.15, -0.1) is 11.8 Å². The summed E-state index contributed by atoms with van der Waals surface area (Å²) in [6.07, 6.45) is 5.78. The van der Waals surface area contributed by atoms with E-state index in [1.54, 1.807) is 16.2 Å². The summed E-state index contributed by atoms with van der Waals surface area (Å²) >= 11 is 7.71. The Morgan fingerprint density at radius 3 is 2.69 bits per heavy atom. The molecule has 0 N–H and O–H groups in total. The average molecular weight is 214 g/mol. The van der Waals surface area contributed by atoms with Crippen LogP contribution in [0.1, 0.15) is 6.92 Å². The van der Waals surface area contributed by atoms with Gasteiger partial charge < -0.3 is 0 Å². The molecule has 0 unspecified atom stereocenters. The summed E-state index contributed by atoms with van der Waals surface area (Å²) in [4.78, 5) is 1.18. The Kier molecular flexibility index (Phi) is 4.19. The van der Waals surface area contributed by atoms with E-state index in [2.05, 4.69) is 6.07 Å². The molecule has 0 heterocycles. The summed E-state index contributed by atoms with van der Waals surface area (Å²) < 4.78 is 1.60. The molecule has 13 heavy (non-hydrogen) atoms. The molecule has 1 rings (SSSR count). The predicted octanol–water partition coefficient (Wildman–Crippen LogP) is 3.90. The molecular formula is C10H12ClNS. The molecule has 0 saturated carbocycles. The molecule has 0 amide bonds. The van der Waals surface area contributed by atoms with Crippen LogP contribution in [0.3, 0.4) is 0 Å². The highest BCUT2D eigenvalue weighted by atomic mass is 35.5. The minimum absolute atomic E-state index is 1.02. The van der Waals surface area contributed by atoms with Gasteiger partial charge in [0.1, 0.15) is 0 Å². The van der Waals surface area contributed by atoms with Crippen molar-refractivity contribution in [1.29, 1.82) is 0 Å². The third-order valence-electron chi connectivity index (χ3n) is 1.60. The van der Waals surface area contributed by atoms with Crippen LogP contribution >= 0.6 is 23.5 Å². The summed E-state index contributed by atoms with van der Waals surface area (Å²) in [5.74, 6) is 0. The van der Waals surface area contributed by atoms with E-state index in [1.165, 1.54) is 4.90 Å². The molecule has 0 aliphatic rings. The van der Waals surface area contributed by atoms with Gasteiger partial charge in [0.2, 0.25) is 0 Å². The topological polar surface area (TPSA) is 3.24 Å². The largest absolute Gasteiger partial charge is 0.260 e. The Hall–Kier alpha value is -0.600. The lowest BCUT2D eigenvalue weighted by molar-refractivity contribution is 1.32. The van der Waals surface area contributed by atoms with Gasteiger partial charge in [-0.2, -0.15) is 0 Å². The van der Waals surface area contributed by atoms with E-state index in [0.29, 0.717) is 0 Å². The SMILES string of the molecule is C/C=C/N(Cl)c1ccccc1SC. The maximum atomic E-state index is 6.02. The molecular weight excluding hydrogens is 202 g/mol. The minimum Gasteiger partial charge on any atom is -0.260 e. The van der Waals surface area contributed by atoms with Gasteiger partial charge in [-0.25, -0.2) is 0 Å². The van der Waals surface area contributed by atoms with Crippen LogP contribution in [0.15, 0.2) is 41.4 Å². The fourth-order valence-corrected chi connectivity index (χ4v) is 1.92. The van der Waals surface area contributed by atoms with Crippen LogP contribution in [0.2, 0.25) is 0 Å². The van der Waals surface area contributed by atoms with Crippen LogP contribution in [-0.4, -0.2) is 6.26 Å². The standard InChI is InChI=1S/C10H12ClNS/c1-3-8-12(11)9-6-4-5-7-10(9)13-2/h3-8H,1-2H3/b8-3+. The lowest BCUT2D eigenvalue weighted by Gasteiger charge is -2.13. The van der Waals surface area contributed by atoms with Gasteiger partial charge in [-0.3, -0.25) is 4.42 Å². The Balaban J connectivity index is 2.98. The lowest BCUT2D eigenvalue weighted by atomic mass is 10.3. The van der Waals surface area contributed by atoms with Crippen LogP contribution in [0.5, 0.6) is 0 Å². The third kappa shape index (κ3) is 2.68. The molecule has 0 atom stereocenters. The molecule has 1 nitrogen and oxygen atoms in total. The number of hydrogen-bond donors (Lipinski definition) is 0. The Labute approximate surface area is 88.5 Å². The Morgan fingerprint density at radius 1 is 1.38 bits per heavy atom. The zero-order valence-electron chi connectivity index (χ0n) is 7.70. The smallest absolute Gasteiger partial charge is 0.0709 e. The number of anilines is 1. The molecule has 0 saturated heterocycles. The fraction of sp³-hybridized carbons (Fsp3) is 0.200. The van der Waals surface area contributed by atoms with Crippen LogP contribution in [-0.2, 0) is 0 Å². The van der Waals surface area contributed by atoms with Gasteiger partial charge in [0.15, 0.2) is 0 Å². The highest BCUT2D eigenvalue weighted by molar-refractivity contribution is 7.98. The quantitative estimate of drug-likeness (QED) is 0.554. The number of halogens is 1. The van der Waals surface area contributed by atoms with E-state index in [4.69, 9.17) is 11.8 Å². The number of rotatable bonds is 3. The summed E-state index contributed by atoms with van der Waals surface area (Å²) in [5, 5.41) is 0. The number of allylic oxidation sites excluding steroid dienone is 1. The zero-order valence-corrected chi connectivity index (χ0v) is 9.27. The van der Waals surface area contributed by atoms with E-state index in [0.717, 1.165) is 5.69 Å². The third-order valence-corrected chi connectivity index (χ3v) is 2.68. The highest BCUT2D eigenvalue weighted by Crippen LogP contribution is 2.29. The maximum absolute atomic E-state index is 6.02. The van der Waals surface area contributed by atoms with Crippen LogP contribution in [0, 0.1) is 0 Å². The number of hydrogen-bond acceptors (Lipinski definition) is 2. The first-order valence-electron chi connectivity index (χ1n) is 4.00. The van der Waals surface area contributed by atoms with E-state index in [9.17, 15) is 0 Å². The second-order valence-corrected chi connectivity index (χ2v) is 3.68. The molecule has 0 aliphatic heterocycles. The molecule has 3 heteroatoms. The van der Waals surface area contributed by atoms with Crippen molar-refractivity contribution in [3.63, 3.8) is 0 Å². The summed E-state index contributed by atoms with van der Waals surface area (Å²) in [6.45, 7) is 1.94. The van der Waals surface area contributed by atoms with Gasteiger partial charge in [-0.05, 0) is 25.3 Å². The predicted molar refractivity (Wildman–Crippen MR) is 61.4 cm³/mol. The van der Waals surface area contributed by atoms with Crippen molar-refractivity contribution in [2.24, 2.45) is 0 Å². The number of thioether (sulfide) groups is 1. The first kappa shape index (κ1) is 10.5. The highest BCUT2D eigenvalue weighted by Gasteiger charge is 2.03. The van der Waals surface area contributed by atoms with Crippen molar-refractivity contribution in [2.45, 2.75) is 11.8 Å². The number of para-hydroxylation sites is 1. The van der Waals surface area contributed by atoms with E-state index in [1.807, 2.05) is 43.7 Å². The zero-order chi connectivity index (χ0) is 9.68. The van der Waals surface area contributed by atoms with Crippen molar-refractivity contribution < 1.29 is 0 Å². The van der Waals surface area contributed by atoms with Gasteiger partial charge in [-0.1, -0.05) is 18.2 Å². The molecule has 0 bridgehead atoms. The second kappa shape index (κ2) is 5.20. The first-order chi connectivity index (χ1) is 6.29. The molecule has 1 aromatic rings. The maximum Gasteiger partial charge on any atom is 0.0709 e. The van der Waals surface area contributed by atoms with Crippen LogP contribution in [0.25, 0.3) is 0 Å². The first-order valence-corrected chi connectivity index (χ1v) is 5.56. The second-order valence-electron chi connectivity index (χ2n) is 2.47. The van der Waals surface area contributed by atoms with E-state index >= 15 is 0 Å². The van der Waals surface area contributed by atoms with Crippen molar-refractivity contribution >= 4 is 29.2 Å². The van der Waals surface area contributed by atoms with Gasteiger partial charge in [0.25, 0.3) is 0 Å². The van der Waals surface area contributed by atoms with Crippen LogP contribution < -0.4 is 4.42 Å². The summed E-state index contributed by atoms with van der Waals surface area (Å²) in [5.41, 5.74) is 1.02. The van der Waals surface area contributed by atoms with Gasteiger partial charge in [0.05, 0.1) is 5.69 Å². The molecule has 0 radical (unpaired) electrons. The van der Waals surface area contributed by atoms with Crippen molar-refractivity contribution in [3.8, 4) is 0 Å². The lowest BCUT2D eigenvalue weighted by Crippen LogP contribution is -2.00. The van der Waals surface area contributed by atoms with Crippen molar-refractivity contribution in [1.82, 2.24) is 0 Å². The van der Waals surface area contributed by atoms with Crippen LogP contribution in [0.4, 0.5) is 5.69 Å². The average Bonchev–Trinajstić information content (AvgIpc) is 2.18.